The first-order chi connectivity index (χ1) is 11.9. The number of fused-ring (bicyclic) bond motifs is 2. The fourth-order valence-corrected chi connectivity index (χ4v) is 3.44. The van der Waals surface area contributed by atoms with Crippen molar-refractivity contribution in [1.29, 1.82) is 0 Å². The van der Waals surface area contributed by atoms with Crippen molar-refractivity contribution in [3.05, 3.63) is 42.0 Å². The van der Waals surface area contributed by atoms with Gasteiger partial charge in [-0.15, -0.1) is 0 Å². The molecular weight excluding hydrogens is 340 g/mol. The number of nitrogens with zero attached hydrogens (tertiary/aromatic N) is 4. The molecule has 1 aliphatic rings. The van der Waals surface area contributed by atoms with Crippen molar-refractivity contribution < 1.29 is 13.9 Å². The monoisotopic (exact) mass is 358 g/mol. The van der Waals surface area contributed by atoms with Gasteiger partial charge in [0.2, 0.25) is 5.71 Å². The van der Waals surface area contributed by atoms with Crippen molar-refractivity contribution >= 4 is 29.1 Å². The van der Waals surface area contributed by atoms with E-state index in [1.54, 1.807) is 21.4 Å². The van der Waals surface area contributed by atoms with Crippen LogP contribution in [0.5, 0.6) is 0 Å². The molecule has 0 spiro atoms. The molecule has 0 fully saturated rings. The van der Waals surface area contributed by atoms with Crippen LogP contribution in [0.25, 0.3) is 11.1 Å². The van der Waals surface area contributed by atoms with E-state index in [2.05, 4.69) is 10.1 Å². The zero-order valence-corrected chi connectivity index (χ0v) is 15.0. The Balaban J connectivity index is 1.45. The molecule has 3 aromatic rings. The molecule has 7 nitrogen and oxygen atoms in total. The number of furan rings is 1. The predicted octanol–water partition coefficient (Wildman–Crippen LogP) is 3.83. The molecule has 25 heavy (non-hydrogen) atoms. The Labute approximate surface area is 149 Å². The fraction of sp³-hybridized carbons (Fsp3) is 0.353. The van der Waals surface area contributed by atoms with Crippen molar-refractivity contribution in [2.45, 2.75) is 44.4 Å². The minimum Gasteiger partial charge on any atom is -0.446 e. The Morgan fingerprint density at radius 3 is 2.96 bits per heavy atom. The van der Waals surface area contributed by atoms with Crippen LogP contribution in [0.3, 0.4) is 0 Å². The van der Waals surface area contributed by atoms with Crippen molar-refractivity contribution in [1.82, 2.24) is 19.1 Å². The molecule has 1 aliphatic heterocycles. The molecule has 4 rings (SSSR count). The molecule has 0 bridgehead atoms. The van der Waals surface area contributed by atoms with Gasteiger partial charge in [-0.1, -0.05) is 0 Å². The summed E-state index contributed by atoms with van der Waals surface area (Å²) in [6.45, 7) is 6.58. The lowest BCUT2D eigenvalue weighted by molar-refractivity contribution is 0.0239. The summed E-state index contributed by atoms with van der Waals surface area (Å²) in [4.78, 5) is 19.1. The molecule has 0 saturated carbocycles. The summed E-state index contributed by atoms with van der Waals surface area (Å²) in [7, 11) is 0. The molecular formula is C17H18N4O3S. The van der Waals surface area contributed by atoms with E-state index in [4.69, 9.17) is 9.15 Å². The van der Waals surface area contributed by atoms with Crippen LogP contribution in [0.2, 0.25) is 0 Å². The topological polar surface area (TPSA) is 73.4 Å². The average molecular weight is 358 g/mol. The lowest BCUT2D eigenvalue weighted by Crippen LogP contribution is -2.33. The van der Waals surface area contributed by atoms with Gasteiger partial charge in [0.05, 0.1) is 25.0 Å². The molecule has 0 N–H and O–H groups in total. The van der Waals surface area contributed by atoms with Crippen LogP contribution < -0.4 is 0 Å². The second kappa shape index (κ2) is 5.80. The number of carbonyl (C=O) groups excluding carboxylic acids is 1. The third-order valence-corrected chi connectivity index (χ3v) is 4.50. The first-order valence-electron chi connectivity index (χ1n) is 7.94. The molecule has 4 heterocycles. The number of ether oxygens (including phenoxy) is 1. The molecule has 0 aromatic carbocycles. The van der Waals surface area contributed by atoms with E-state index in [0.29, 0.717) is 18.8 Å². The maximum atomic E-state index is 12.1. The van der Waals surface area contributed by atoms with Gasteiger partial charge in [-0.05, 0) is 32.9 Å². The number of hydrogen-bond donors (Lipinski definition) is 0. The van der Waals surface area contributed by atoms with E-state index >= 15 is 0 Å². The maximum Gasteiger partial charge on any atom is 0.410 e. The van der Waals surface area contributed by atoms with Crippen molar-refractivity contribution in [2.75, 3.05) is 0 Å². The SMILES string of the molecule is CC(C)(C)OC(=O)N1Cc2cn(Sc3cnc4occc4c3)nc2C1. The molecule has 0 saturated heterocycles. The zero-order valence-electron chi connectivity index (χ0n) is 14.2. The van der Waals surface area contributed by atoms with Crippen molar-refractivity contribution in [3.8, 4) is 0 Å². The predicted molar refractivity (Wildman–Crippen MR) is 93.0 cm³/mol. The van der Waals surface area contributed by atoms with E-state index < -0.39 is 5.60 Å². The quantitative estimate of drug-likeness (QED) is 0.693. The number of amides is 1. The van der Waals surface area contributed by atoms with Gasteiger partial charge < -0.3 is 9.15 Å². The number of aromatic nitrogens is 3. The summed E-state index contributed by atoms with van der Waals surface area (Å²) >= 11 is 1.48. The smallest absolute Gasteiger partial charge is 0.410 e. The third kappa shape index (κ3) is 3.34. The second-order valence-electron chi connectivity index (χ2n) is 6.92. The summed E-state index contributed by atoms with van der Waals surface area (Å²) < 4.78 is 12.5. The Morgan fingerprint density at radius 1 is 1.36 bits per heavy atom. The first kappa shape index (κ1) is 16.0. The number of hydrogen-bond acceptors (Lipinski definition) is 6. The van der Waals surface area contributed by atoms with E-state index in [-0.39, 0.29) is 6.09 Å². The van der Waals surface area contributed by atoms with E-state index in [9.17, 15) is 4.79 Å². The highest BCUT2D eigenvalue weighted by molar-refractivity contribution is 7.97. The summed E-state index contributed by atoms with van der Waals surface area (Å²) in [6.07, 6.45) is 5.03. The fourth-order valence-electron chi connectivity index (χ4n) is 2.63. The molecule has 1 amide bonds. The van der Waals surface area contributed by atoms with Gasteiger partial charge in [0, 0.05) is 40.2 Å². The molecule has 0 radical (unpaired) electrons. The van der Waals surface area contributed by atoms with Crippen LogP contribution in [0.15, 0.2) is 40.1 Å². The highest BCUT2D eigenvalue weighted by Crippen LogP contribution is 2.28. The lowest BCUT2D eigenvalue weighted by atomic mass is 10.2. The van der Waals surface area contributed by atoms with Crippen LogP contribution in [-0.2, 0) is 17.8 Å². The molecule has 3 aromatic heterocycles. The Hall–Kier alpha value is -2.48. The van der Waals surface area contributed by atoms with Gasteiger partial charge in [-0.25, -0.2) is 13.9 Å². The number of rotatable bonds is 2. The van der Waals surface area contributed by atoms with Crippen LogP contribution in [0, 0.1) is 0 Å². The van der Waals surface area contributed by atoms with Crippen LogP contribution in [-0.4, -0.2) is 30.8 Å². The third-order valence-electron chi connectivity index (χ3n) is 3.69. The van der Waals surface area contributed by atoms with E-state index in [1.807, 2.05) is 39.1 Å². The lowest BCUT2D eigenvalue weighted by Gasteiger charge is -2.24. The summed E-state index contributed by atoms with van der Waals surface area (Å²) in [5, 5.41) is 5.52. The summed E-state index contributed by atoms with van der Waals surface area (Å²) in [6, 6.07) is 3.89. The van der Waals surface area contributed by atoms with Gasteiger partial charge >= 0.3 is 6.09 Å². The number of carbonyl (C=O) groups is 1. The molecule has 0 unspecified atom stereocenters. The van der Waals surface area contributed by atoms with E-state index in [0.717, 1.165) is 21.5 Å². The Morgan fingerprint density at radius 2 is 2.20 bits per heavy atom. The normalized spacial score (nSPS) is 14.1. The highest BCUT2D eigenvalue weighted by atomic mass is 32.2. The van der Waals surface area contributed by atoms with Gasteiger partial charge in [-0.2, -0.15) is 5.10 Å². The molecule has 0 atom stereocenters. The standard InChI is InChI=1S/C17H18N4O3S/c1-17(2,3)24-16(22)20-8-12-9-21(19-14(12)10-20)25-13-6-11-4-5-23-15(11)18-7-13/h4-7,9H,8,10H2,1-3H3. The van der Waals surface area contributed by atoms with E-state index in [1.165, 1.54) is 11.9 Å². The van der Waals surface area contributed by atoms with Crippen molar-refractivity contribution in [2.24, 2.45) is 0 Å². The molecule has 0 aliphatic carbocycles. The average Bonchev–Trinajstić information content (AvgIpc) is 3.18. The summed E-state index contributed by atoms with van der Waals surface area (Å²) in [5.41, 5.74) is 2.07. The minimum absolute atomic E-state index is 0.306. The first-order valence-corrected chi connectivity index (χ1v) is 8.72. The zero-order chi connectivity index (χ0) is 17.6. The van der Waals surface area contributed by atoms with Gasteiger partial charge in [0.1, 0.15) is 5.60 Å². The minimum atomic E-state index is -0.494. The van der Waals surface area contributed by atoms with Crippen LogP contribution >= 0.6 is 11.9 Å². The molecule has 8 heteroatoms. The van der Waals surface area contributed by atoms with Gasteiger partial charge in [0.25, 0.3) is 0 Å². The largest absolute Gasteiger partial charge is 0.446 e. The maximum absolute atomic E-state index is 12.1. The van der Waals surface area contributed by atoms with Gasteiger partial charge in [-0.3, -0.25) is 4.90 Å². The van der Waals surface area contributed by atoms with Crippen molar-refractivity contribution in [3.63, 3.8) is 0 Å². The Kier molecular flexibility index (Phi) is 3.72. The number of pyridine rings is 1. The van der Waals surface area contributed by atoms with Gasteiger partial charge in [0.15, 0.2) is 0 Å². The highest BCUT2D eigenvalue weighted by Gasteiger charge is 2.30. The Bertz CT molecular complexity index is 917. The summed E-state index contributed by atoms with van der Waals surface area (Å²) in [5.74, 6) is 0. The second-order valence-corrected chi connectivity index (χ2v) is 7.95. The molecule has 130 valence electrons. The van der Waals surface area contributed by atoms with Crippen LogP contribution in [0.4, 0.5) is 4.79 Å². The van der Waals surface area contributed by atoms with Crippen LogP contribution in [0.1, 0.15) is 32.0 Å².